The van der Waals surface area contributed by atoms with Crippen LogP contribution in [0.25, 0.3) is 0 Å². The van der Waals surface area contributed by atoms with E-state index in [1.807, 2.05) is 18.2 Å². The molecule has 2 heterocycles. The summed E-state index contributed by atoms with van der Waals surface area (Å²) < 4.78 is 0. The van der Waals surface area contributed by atoms with Gasteiger partial charge in [-0.2, -0.15) is 0 Å². The fourth-order valence-electron chi connectivity index (χ4n) is 3.88. The molecule has 1 aromatic rings. The van der Waals surface area contributed by atoms with E-state index in [1.165, 1.54) is 18.4 Å². The summed E-state index contributed by atoms with van der Waals surface area (Å²) >= 11 is 6.06. The molecule has 1 unspecified atom stereocenters. The Morgan fingerprint density at radius 2 is 2.00 bits per heavy atom. The third kappa shape index (κ3) is 4.48. The van der Waals surface area contributed by atoms with Gasteiger partial charge in [0.05, 0.1) is 0 Å². The summed E-state index contributed by atoms with van der Waals surface area (Å²) in [7, 11) is 0. The maximum Gasteiger partial charge on any atom is 0.225 e. The first-order valence-corrected chi connectivity index (χ1v) is 9.25. The molecule has 3 nitrogen and oxygen atoms in total. The summed E-state index contributed by atoms with van der Waals surface area (Å²) in [6.07, 6.45) is 4.41. The van der Waals surface area contributed by atoms with E-state index in [4.69, 9.17) is 11.6 Å². The molecule has 4 heteroatoms. The van der Waals surface area contributed by atoms with E-state index >= 15 is 0 Å². The van der Waals surface area contributed by atoms with Crippen molar-refractivity contribution in [1.29, 1.82) is 0 Å². The van der Waals surface area contributed by atoms with E-state index < -0.39 is 0 Å². The Balaban J connectivity index is 1.49. The molecule has 0 aliphatic carbocycles. The van der Waals surface area contributed by atoms with Gasteiger partial charge in [-0.05, 0) is 62.4 Å². The topological polar surface area (TPSA) is 23.6 Å². The first-order valence-electron chi connectivity index (χ1n) is 8.87. The first kappa shape index (κ1) is 16.8. The molecule has 23 heavy (non-hydrogen) atoms. The van der Waals surface area contributed by atoms with E-state index in [9.17, 15) is 4.79 Å². The summed E-state index contributed by atoms with van der Waals surface area (Å²) in [6, 6.07) is 8.08. The van der Waals surface area contributed by atoms with Crippen LogP contribution in [0.2, 0.25) is 5.02 Å². The van der Waals surface area contributed by atoms with Crippen LogP contribution in [0.3, 0.4) is 0 Å². The van der Waals surface area contributed by atoms with Gasteiger partial charge in [-0.1, -0.05) is 30.7 Å². The number of hydrogen-bond donors (Lipinski definition) is 0. The van der Waals surface area contributed by atoms with Crippen LogP contribution in [0.15, 0.2) is 24.3 Å². The lowest BCUT2D eigenvalue weighted by Gasteiger charge is -2.37. The molecule has 2 fully saturated rings. The number of amides is 1. The summed E-state index contributed by atoms with van der Waals surface area (Å²) in [4.78, 5) is 17.3. The average Bonchev–Trinajstić information content (AvgIpc) is 2.55. The van der Waals surface area contributed by atoms with Gasteiger partial charge in [0.15, 0.2) is 0 Å². The Morgan fingerprint density at radius 3 is 2.70 bits per heavy atom. The van der Waals surface area contributed by atoms with E-state index in [0.29, 0.717) is 11.8 Å². The van der Waals surface area contributed by atoms with Gasteiger partial charge in [-0.3, -0.25) is 9.69 Å². The smallest absolute Gasteiger partial charge is 0.225 e. The number of rotatable bonds is 3. The van der Waals surface area contributed by atoms with E-state index in [2.05, 4.69) is 22.8 Å². The number of carbonyl (C=O) groups excluding carboxylic acids is 1. The maximum atomic E-state index is 12.7. The Bertz CT molecular complexity index is 540. The van der Waals surface area contributed by atoms with Crippen LogP contribution in [0, 0.1) is 11.8 Å². The van der Waals surface area contributed by atoms with E-state index in [-0.39, 0.29) is 5.92 Å². The van der Waals surface area contributed by atoms with Gasteiger partial charge < -0.3 is 4.90 Å². The van der Waals surface area contributed by atoms with Crippen LogP contribution >= 0.6 is 11.6 Å². The Labute approximate surface area is 144 Å². The molecule has 126 valence electrons. The molecule has 0 N–H and O–H groups in total. The zero-order chi connectivity index (χ0) is 16.2. The molecule has 1 aromatic carbocycles. The van der Waals surface area contributed by atoms with Crippen LogP contribution in [0.1, 0.15) is 38.2 Å². The van der Waals surface area contributed by atoms with Crippen LogP contribution in [-0.4, -0.2) is 41.9 Å². The van der Waals surface area contributed by atoms with Crippen molar-refractivity contribution in [3.05, 3.63) is 34.9 Å². The fourth-order valence-corrected chi connectivity index (χ4v) is 4.09. The monoisotopic (exact) mass is 334 g/mol. The quantitative estimate of drug-likeness (QED) is 0.839. The molecule has 0 aromatic heterocycles. The number of hydrogen-bond acceptors (Lipinski definition) is 2. The van der Waals surface area contributed by atoms with Gasteiger partial charge in [0.2, 0.25) is 5.91 Å². The largest absolute Gasteiger partial charge is 0.342 e. The third-order valence-corrected chi connectivity index (χ3v) is 5.44. The lowest BCUT2D eigenvalue weighted by Crippen LogP contribution is -2.45. The molecule has 2 aliphatic heterocycles. The highest BCUT2D eigenvalue weighted by molar-refractivity contribution is 6.30. The predicted octanol–water partition coefficient (Wildman–Crippen LogP) is 3.81. The number of nitrogens with zero attached hydrogens (tertiary/aromatic N) is 2. The van der Waals surface area contributed by atoms with Crippen LogP contribution in [0.5, 0.6) is 0 Å². The Morgan fingerprint density at radius 1 is 1.22 bits per heavy atom. The van der Waals surface area contributed by atoms with Crippen LogP contribution in [-0.2, 0) is 11.3 Å². The molecule has 0 saturated carbocycles. The SMILES string of the molecule is CC1CCCN(C(=O)C2CCN(Cc3cccc(Cl)c3)CC2)C1. The van der Waals surface area contributed by atoms with Crippen molar-refractivity contribution in [3.63, 3.8) is 0 Å². The number of benzene rings is 1. The van der Waals surface area contributed by atoms with Crippen LogP contribution < -0.4 is 0 Å². The molecule has 0 bridgehead atoms. The van der Waals surface area contributed by atoms with Crippen molar-refractivity contribution < 1.29 is 4.79 Å². The summed E-state index contributed by atoms with van der Waals surface area (Å²) in [5.74, 6) is 1.30. The lowest BCUT2D eigenvalue weighted by atomic mass is 9.92. The normalized spacial score (nSPS) is 23.9. The van der Waals surface area contributed by atoms with Crippen LogP contribution in [0.4, 0.5) is 0 Å². The van der Waals surface area contributed by atoms with Crippen molar-refractivity contribution >= 4 is 17.5 Å². The molecule has 1 atom stereocenters. The molecule has 3 rings (SSSR count). The highest BCUT2D eigenvalue weighted by Crippen LogP contribution is 2.24. The number of carbonyl (C=O) groups is 1. The summed E-state index contributed by atoms with van der Waals surface area (Å²) in [5, 5.41) is 0.798. The van der Waals surface area contributed by atoms with Gasteiger partial charge in [0.1, 0.15) is 0 Å². The van der Waals surface area contributed by atoms with Crippen molar-refractivity contribution in [3.8, 4) is 0 Å². The second kappa shape index (κ2) is 7.67. The minimum Gasteiger partial charge on any atom is -0.342 e. The molecule has 0 spiro atoms. The Hall–Kier alpha value is -1.06. The first-order chi connectivity index (χ1) is 11.1. The average molecular weight is 335 g/mol. The fraction of sp³-hybridized carbons (Fsp3) is 0.632. The lowest BCUT2D eigenvalue weighted by molar-refractivity contribution is -0.138. The van der Waals surface area contributed by atoms with Crippen molar-refractivity contribution in [1.82, 2.24) is 9.80 Å². The van der Waals surface area contributed by atoms with Crippen molar-refractivity contribution in [2.75, 3.05) is 26.2 Å². The molecule has 0 radical (unpaired) electrons. The third-order valence-electron chi connectivity index (χ3n) is 5.20. The minimum atomic E-state index is 0.232. The van der Waals surface area contributed by atoms with Crippen molar-refractivity contribution in [2.24, 2.45) is 11.8 Å². The highest BCUT2D eigenvalue weighted by atomic mass is 35.5. The number of halogens is 1. The number of piperidine rings is 2. The molecular weight excluding hydrogens is 308 g/mol. The molecule has 2 saturated heterocycles. The van der Waals surface area contributed by atoms with E-state index in [0.717, 1.165) is 50.6 Å². The second-order valence-corrected chi connectivity index (χ2v) is 7.65. The Kier molecular flexibility index (Phi) is 5.60. The van der Waals surface area contributed by atoms with Gasteiger partial charge in [-0.15, -0.1) is 0 Å². The van der Waals surface area contributed by atoms with E-state index in [1.54, 1.807) is 0 Å². The van der Waals surface area contributed by atoms with Crippen molar-refractivity contribution in [2.45, 2.75) is 39.2 Å². The maximum absolute atomic E-state index is 12.7. The number of likely N-dealkylation sites (tertiary alicyclic amines) is 2. The highest BCUT2D eigenvalue weighted by Gasteiger charge is 2.30. The van der Waals surface area contributed by atoms with Gasteiger partial charge >= 0.3 is 0 Å². The van der Waals surface area contributed by atoms with Gasteiger partial charge in [0.25, 0.3) is 0 Å². The summed E-state index contributed by atoms with van der Waals surface area (Å²) in [6.45, 7) is 7.13. The minimum absolute atomic E-state index is 0.232. The molecule has 2 aliphatic rings. The predicted molar refractivity (Wildman–Crippen MR) is 94.4 cm³/mol. The van der Waals surface area contributed by atoms with Gasteiger partial charge in [0, 0.05) is 30.6 Å². The molecular formula is C19H27ClN2O. The molecule has 1 amide bonds. The summed E-state index contributed by atoms with van der Waals surface area (Å²) in [5.41, 5.74) is 1.26. The standard InChI is InChI=1S/C19H27ClN2O/c1-15-4-3-9-22(13-15)19(23)17-7-10-21(11-8-17)14-16-5-2-6-18(20)12-16/h2,5-6,12,15,17H,3-4,7-11,13-14H2,1H3. The zero-order valence-electron chi connectivity index (χ0n) is 14.0. The van der Waals surface area contributed by atoms with Gasteiger partial charge in [-0.25, -0.2) is 0 Å². The zero-order valence-corrected chi connectivity index (χ0v) is 14.8. The second-order valence-electron chi connectivity index (χ2n) is 7.21.